The molecular formula is C28H31ClFN3O2. The largest absolute Gasteiger partial charge is 1.00 e. The van der Waals surface area contributed by atoms with Crippen molar-refractivity contribution in [2.24, 2.45) is 0 Å². The van der Waals surface area contributed by atoms with Crippen LogP contribution in [-0.4, -0.2) is 59.5 Å². The van der Waals surface area contributed by atoms with Gasteiger partial charge in [0.25, 0.3) is 5.91 Å². The van der Waals surface area contributed by atoms with E-state index in [1.54, 1.807) is 18.2 Å². The maximum atomic E-state index is 13.2. The lowest BCUT2D eigenvalue weighted by molar-refractivity contribution is -0.923. The summed E-state index contributed by atoms with van der Waals surface area (Å²) in [7, 11) is 2.39. The first-order valence-corrected chi connectivity index (χ1v) is 12.1. The third-order valence-electron chi connectivity index (χ3n) is 7.39. The summed E-state index contributed by atoms with van der Waals surface area (Å²) < 4.78 is 20.0. The summed E-state index contributed by atoms with van der Waals surface area (Å²) in [4.78, 5) is 19.8. The normalized spacial score (nSPS) is 17.6. The number of piperidine rings is 1. The summed E-state index contributed by atoms with van der Waals surface area (Å²) in [6.45, 7) is 4.16. The van der Waals surface area contributed by atoms with Gasteiger partial charge in [0.2, 0.25) is 0 Å². The molecule has 2 aliphatic rings. The van der Waals surface area contributed by atoms with Crippen LogP contribution in [0.4, 0.5) is 4.39 Å². The molecule has 35 heavy (non-hydrogen) atoms. The Bertz CT molecular complexity index is 1140. The summed E-state index contributed by atoms with van der Waals surface area (Å²) in [5, 5.41) is 0. The predicted octanol–water partition coefficient (Wildman–Crippen LogP) is 2.53. The first-order chi connectivity index (χ1) is 16.5. The van der Waals surface area contributed by atoms with Gasteiger partial charge in [0.05, 0.1) is 31.9 Å². The summed E-state index contributed by atoms with van der Waals surface area (Å²) in [6.07, 6.45) is 4.78. The highest BCUT2D eigenvalue weighted by Gasteiger charge is 2.38. The Labute approximate surface area is 212 Å². The number of pyridine rings is 1. The van der Waals surface area contributed by atoms with Crippen molar-refractivity contribution in [2.75, 3.05) is 33.2 Å². The van der Waals surface area contributed by atoms with Crippen molar-refractivity contribution in [3.63, 3.8) is 0 Å². The Balaban J connectivity index is 0.00000289. The molecule has 0 atom stereocenters. The highest BCUT2D eigenvalue weighted by Crippen LogP contribution is 2.29. The molecule has 0 spiro atoms. The molecule has 0 saturated carbocycles. The fourth-order valence-electron chi connectivity index (χ4n) is 5.32. The number of benzene rings is 2. The molecule has 5 nitrogen and oxygen atoms in total. The predicted molar refractivity (Wildman–Crippen MR) is 130 cm³/mol. The maximum absolute atomic E-state index is 13.2. The number of aromatic nitrogens is 1. The molecule has 3 aromatic rings. The van der Waals surface area contributed by atoms with Crippen LogP contribution in [-0.2, 0) is 0 Å². The van der Waals surface area contributed by atoms with Crippen molar-refractivity contribution >= 4 is 5.91 Å². The van der Waals surface area contributed by atoms with Gasteiger partial charge >= 0.3 is 0 Å². The van der Waals surface area contributed by atoms with Gasteiger partial charge in [0, 0.05) is 44.3 Å². The van der Waals surface area contributed by atoms with Crippen molar-refractivity contribution in [1.29, 1.82) is 0 Å². The first-order valence-electron chi connectivity index (χ1n) is 12.1. The van der Waals surface area contributed by atoms with Crippen molar-refractivity contribution < 1.29 is 30.8 Å². The van der Waals surface area contributed by atoms with E-state index in [2.05, 4.69) is 12.0 Å². The van der Waals surface area contributed by atoms with Gasteiger partial charge in [-0.05, 0) is 60.7 Å². The van der Waals surface area contributed by atoms with Crippen molar-refractivity contribution in [3.05, 3.63) is 78.2 Å². The number of amides is 1. The highest BCUT2D eigenvalue weighted by molar-refractivity contribution is 5.93. The van der Waals surface area contributed by atoms with Crippen LogP contribution in [0.2, 0.25) is 0 Å². The summed E-state index contributed by atoms with van der Waals surface area (Å²) in [6, 6.07) is 19.7. The Morgan fingerprint density at radius 2 is 1.54 bits per heavy atom. The molecule has 0 N–H and O–H groups in total. The van der Waals surface area contributed by atoms with Gasteiger partial charge in [-0.2, -0.15) is 0 Å². The molecule has 1 aromatic heterocycles. The number of carbonyl (C=O) groups excluding carboxylic acids is 1. The number of likely N-dealkylation sites (tertiary alicyclic amines) is 2. The zero-order chi connectivity index (χ0) is 23.5. The standard InChI is InChI=1S/C28H31FN3O2.ClH/c1-32(19-2-3-20-32)23-15-17-31(18-16-23)28(33)27-6-4-5-26(30-27)21-7-11-24(12-8-21)34-25-13-9-22(29)10-14-25;/h4-14,23H,2-3,15-20H2,1H3;1H/q+1;/p-1. The van der Waals surface area contributed by atoms with Gasteiger partial charge < -0.3 is 26.5 Å². The Kier molecular flexibility index (Phi) is 7.72. The minimum absolute atomic E-state index is 0. The topological polar surface area (TPSA) is 42.4 Å². The van der Waals surface area contributed by atoms with Crippen LogP contribution >= 0.6 is 0 Å². The van der Waals surface area contributed by atoms with E-state index < -0.39 is 0 Å². The van der Waals surface area contributed by atoms with Crippen LogP contribution in [0.1, 0.15) is 36.2 Å². The average Bonchev–Trinajstić information content (AvgIpc) is 3.33. The second-order valence-electron chi connectivity index (χ2n) is 9.65. The number of hydrogen-bond donors (Lipinski definition) is 0. The Morgan fingerprint density at radius 3 is 2.17 bits per heavy atom. The van der Waals surface area contributed by atoms with Crippen LogP contribution in [0.15, 0.2) is 66.7 Å². The number of rotatable bonds is 5. The molecule has 5 rings (SSSR count). The quantitative estimate of drug-likeness (QED) is 0.511. The molecule has 2 aromatic carbocycles. The number of nitrogens with zero attached hydrogens (tertiary/aromatic N) is 3. The van der Waals surface area contributed by atoms with Gasteiger partial charge in [-0.15, -0.1) is 0 Å². The second-order valence-corrected chi connectivity index (χ2v) is 9.65. The second kappa shape index (κ2) is 10.8. The van der Waals surface area contributed by atoms with E-state index in [0.717, 1.165) is 37.2 Å². The third kappa shape index (κ3) is 5.65. The lowest BCUT2D eigenvalue weighted by Gasteiger charge is -2.42. The number of carbonyl (C=O) groups is 1. The van der Waals surface area contributed by atoms with E-state index in [-0.39, 0.29) is 24.1 Å². The van der Waals surface area contributed by atoms with Gasteiger partial charge in [0.1, 0.15) is 23.0 Å². The SMILES string of the molecule is C[N+]1(C2CCN(C(=O)c3cccc(-c4ccc(Oc5ccc(F)cc5)cc4)n3)CC2)CCCC1.[Cl-]. The van der Waals surface area contributed by atoms with Crippen molar-refractivity contribution in [3.8, 4) is 22.8 Å². The van der Waals surface area contributed by atoms with Crippen LogP contribution in [0, 0.1) is 5.82 Å². The Morgan fingerprint density at radius 1 is 0.943 bits per heavy atom. The number of quaternary nitrogens is 1. The van der Waals surface area contributed by atoms with Crippen LogP contribution < -0.4 is 17.1 Å². The van der Waals surface area contributed by atoms with E-state index in [1.807, 2.05) is 41.3 Å². The molecule has 2 fully saturated rings. The number of hydrogen-bond acceptors (Lipinski definition) is 3. The van der Waals surface area contributed by atoms with E-state index >= 15 is 0 Å². The van der Waals surface area contributed by atoms with Crippen molar-refractivity contribution in [2.45, 2.75) is 31.7 Å². The van der Waals surface area contributed by atoms with Gasteiger partial charge in [-0.1, -0.05) is 6.07 Å². The summed E-state index contributed by atoms with van der Waals surface area (Å²) >= 11 is 0. The molecule has 184 valence electrons. The Hall–Kier alpha value is -2.96. The molecule has 0 aliphatic carbocycles. The van der Waals surface area contributed by atoms with Crippen LogP contribution in [0.25, 0.3) is 11.3 Å². The summed E-state index contributed by atoms with van der Waals surface area (Å²) in [5.41, 5.74) is 2.15. The molecular weight excluding hydrogens is 465 g/mol. The molecule has 0 bridgehead atoms. The minimum Gasteiger partial charge on any atom is -1.00 e. The highest BCUT2D eigenvalue weighted by atomic mass is 35.5. The monoisotopic (exact) mass is 495 g/mol. The van der Waals surface area contributed by atoms with Gasteiger partial charge in [-0.3, -0.25) is 4.79 Å². The fraction of sp³-hybridized carbons (Fsp3) is 0.357. The lowest BCUT2D eigenvalue weighted by atomic mass is 10.0. The molecule has 1 amide bonds. The number of ether oxygens (including phenoxy) is 1. The van der Waals surface area contributed by atoms with E-state index in [9.17, 15) is 9.18 Å². The van der Waals surface area contributed by atoms with Crippen LogP contribution in [0.3, 0.4) is 0 Å². The molecule has 3 heterocycles. The molecule has 2 aliphatic heterocycles. The van der Waals surface area contributed by atoms with E-state index in [1.165, 1.54) is 42.5 Å². The smallest absolute Gasteiger partial charge is 0.272 e. The molecule has 7 heteroatoms. The average molecular weight is 496 g/mol. The fourth-order valence-corrected chi connectivity index (χ4v) is 5.32. The van der Waals surface area contributed by atoms with E-state index in [0.29, 0.717) is 23.2 Å². The molecule has 2 saturated heterocycles. The molecule has 0 radical (unpaired) electrons. The number of halogens is 2. The summed E-state index contributed by atoms with van der Waals surface area (Å²) in [5.74, 6) is 0.944. The zero-order valence-electron chi connectivity index (χ0n) is 20.0. The maximum Gasteiger partial charge on any atom is 0.272 e. The molecule has 0 unspecified atom stereocenters. The first kappa shape index (κ1) is 25.1. The van der Waals surface area contributed by atoms with Gasteiger partial charge in [0.15, 0.2) is 0 Å². The van der Waals surface area contributed by atoms with Crippen molar-refractivity contribution in [1.82, 2.24) is 9.88 Å². The minimum atomic E-state index is -0.296. The lowest BCUT2D eigenvalue weighted by Crippen LogP contribution is -3.00. The van der Waals surface area contributed by atoms with Crippen LogP contribution in [0.5, 0.6) is 11.5 Å². The van der Waals surface area contributed by atoms with E-state index in [4.69, 9.17) is 4.74 Å². The third-order valence-corrected chi connectivity index (χ3v) is 7.39. The van der Waals surface area contributed by atoms with Gasteiger partial charge in [-0.25, -0.2) is 9.37 Å². The zero-order valence-corrected chi connectivity index (χ0v) is 20.8.